The first-order valence-electron chi connectivity index (χ1n) is 12.0. The summed E-state index contributed by atoms with van der Waals surface area (Å²) in [5.41, 5.74) is 3.09. The van der Waals surface area contributed by atoms with Crippen LogP contribution in [0.3, 0.4) is 0 Å². The van der Waals surface area contributed by atoms with E-state index in [1.807, 2.05) is 36.4 Å². The molecule has 0 amide bonds. The van der Waals surface area contributed by atoms with Crippen LogP contribution in [0.2, 0.25) is 0 Å². The van der Waals surface area contributed by atoms with Gasteiger partial charge >= 0.3 is 0 Å². The van der Waals surface area contributed by atoms with Gasteiger partial charge in [-0.2, -0.15) is 4.73 Å². The fourth-order valence-corrected chi connectivity index (χ4v) is 6.41. The van der Waals surface area contributed by atoms with E-state index in [1.54, 1.807) is 30.7 Å². The van der Waals surface area contributed by atoms with Gasteiger partial charge in [0.1, 0.15) is 17.2 Å². The van der Waals surface area contributed by atoms with Crippen molar-refractivity contribution in [3.8, 4) is 34.1 Å². The number of nitrogens with zero attached hydrogens (tertiary/aromatic N) is 5. The highest BCUT2D eigenvalue weighted by molar-refractivity contribution is 7.88. The number of imidazole rings is 1. The smallest absolute Gasteiger partial charge is 0.231 e. The van der Waals surface area contributed by atoms with Crippen molar-refractivity contribution >= 4 is 10.0 Å². The van der Waals surface area contributed by atoms with Crippen molar-refractivity contribution in [3.63, 3.8) is 0 Å². The maximum absolute atomic E-state index is 13.0. The monoisotopic (exact) mass is 519 g/mol. The average molecular weight is 520 g/mol. The first-order chi connectivity index (χ1) is 18.0. The Balaban J connectivity index is 1.29. The molecule has 4 aromatic rings. The molecule has 5 heterocycles. The molecule has 1 aromatic carbocycles. The normalized spacial score (nSPS) is 16.2. The van der Waals surface area contributed by atoms with Crippen LogP contribution in [0, 0.1) is 0 Å². The molecule has 2 aliphatic heterocycles. The number of fused-ring (bicyclic) bond motifs is 1. The molecular weight excluding hydrogens is 494 g/mol. The van der Waals surface area contributed by atoms with Crippen molar-refractivity contribution < 1.29 is 23.1 Å². The SMILES string of the molecule is O=S(=O)(Cc1ccncc1)N1CCC(c2nc(-c3ccc4c(c3)OCO4)c(-c3ccccn3)n2O)CC1. The summed E-state index contributed by atoms with van der Waals surface area (Å²) in [5.74, 6) is 1.58. The largest absolute Gasteiger partial charge is 0.454 e. The van der Waals surface area contributed by atoms with Crippen LogP contribution in [-0.2, 0) is 15.8 Å². The van der Waals surface area contributed by atoms with E-state index in [2.05, 4.69) is 9.97 Å². The summed E-state index contributed by atoms with van der Waals surface area (Å²) in [4.78, 5) is 13.3. The summed E-state index contributed by atoms with van der Waals surface area (Å²) >= 11 is 0. The number of ether oxygens (including phenoxy) is 2. The third-order valence-corrected chi connectivity index (χ3v) is 8.59. The van der Waals surface area contributed by atoms with Gasteiger partial charge in [-0.1, -0.05) is 6.07 Å². The molecule has 0 aliphatic carbocycles. The van der Waals surface area contributed by atoms with Crippen molar-refractivity contribution in [2.75, 3.05) is 19.9 Å². The van der Waals surface area contributed by atoms with Crippen molar-refractivity contribution in [2.24, 2.45) is 0 Å². The molecule has 10 nitrogen and oxygen atoms in total. The Morgan fingerprint density at radius 2 is 1.76 bits per heavy atom. The van der Waals surface area contributed by atoms with E-state index in [1.165, 1.54) is 4.31 Å². The number of hydrogen-bond acceptors (Lipinski definition) is 8. The zero-order chi connectivity index (χ0) is 25.4. The number of rotatable bonds is 6. The van der Waals surface area contributed by atoms with Gasteiger partial charge in [-0.25, -0.2) is 17.7 Å². The van der Waals surface area contributed by atoms with E-state index in [9.17, 15) is 13.6 Å². The van der Waals surface area contributed by atoms with Crippen molar-refractivity contribution in [1.82, 2.24) is 24.0 Å². The van der Waals surface area contributed by atoms with Gasteiger partial charge < -0.3 is 14.7 Å². The minimum Gasteiger partial charge on any atom is -0.454 e. The highest BCUT2D eigenvalue weighted by Gasteiger charge is 2.33. The quantitative estimate of drug-likeness (QED) is 0.383. The Hall–Kier alpha value is -3.96. The molecule has 11 heteroatoms. The third-order valence-electron chi connectivity index (χ3n) is 6.74. The molecule has 1 saturated heterocycles. The van der Waals surface area contributed by atoms with Crippen LogP contribution < -0.4 is 9.47 Å². The highest BCUT2D eigenvalue weighted by Crippen LogP contribution is 2.40. The van der Waals surface area contributed by atoms with Crippen LogP contribution in [-0.4, -0.2) is 57.5 Å². The van der Waals surface area contributed by atoms with Gasteiger partial charge in [0, 0.05) is 43.2 Å². The number of pyridine rings is 2. The van der Waals surface area contributed by atoms with Crippen molar-refractivity contribution in [2.45, 2.75) is 24.5 Å². The van der Waals surface area contributed by atoms with Crippen LogP contribution in [0.25, 0.3) is 22.6 Å². The fraction of sp³-hybridized carbons (Fsp3) is 0.269. The number of aromatic nitrogens is 4. The molecule has 0 atom stereocenters. The van der Waals surface area contributed by atoms with Crippen molar-refractivity contribution in [1.29, 1.82) is 0 Å². The van der Waals surface area contributed by atoms with E-state index in [-0.39, 0.29) is 18.5 Å². The topological polar surface area (TPSA) is 120 Å². The second kappa shape index (κ2) is 9.49. The number of hydrogen-bond donors (Lipinski definition) is 1. The summed E-state index contributed by atoms with van der Waals surface area (Å²) in [7, 11) is -3.47. The molecule has 0 spiro atoms. The lowest BCUT2D eigenvalue weighted by Gasteiger charge is -2.30. The maximum Gasteiger partial charge on any atom is 0.231 e. The second-order valence-corrected chi connectivity index (χ2v) is 11.0. The molecule has 0 saturated carbocycles. The molecule has 1 N–H and O–H groups in total. The van der Waals surface area contributed by atoms with E-state index in [0.717, 1.165) is 10.3 Å². The number of benzene rings is 1. The summed E-state index contributed by atoms with van der Waals surface area (Å²) in [6, 6.07) is 14.4. The van der Waals surface area contributed by atoms with Crippen LogP contribution in [0.4, 0.5) is 0 Å². The van der Waals surface area contributed by atoms with E-state index >= 15 is 0 Å². The molecule has 1 fully saturated rings. The Kier molecular flexibility index (Phi) is 6.01. The van der Waals surface area contributed by atoms with Crippen LogP contribution >= 0.6 is 0 Å². The minimum absolute atomic E-state index is 0.0626. The number of sulfonamides is 1. The van der Waals surface area contributed by atoms with Gasteiger partial charge in [-0.05, 0) is 60.9 Å². The fourth-order valence-electron chi connectivity index (χ4n) is 4.84. The maximum atomic E-state index is 13.0. The minimum atomic E-state index is -3.47. The van der Waals surface area contributed by atoms with Gasteiger partial charge in [-0.3, -0.25) is 9.97 Å². The molecule has 0 unspecified atom stereocenters. The molecule has 0 radical (unpaired) electrons. The Bertz CT molecular complexity index is 1520. The van der Waals surface area contributed by atoms with Gasteiger partial charge in [-0.15, -0.1) is 0 Å². The van der Waals surface area contributed by atoms with Gasteiger partial charge in [0.15, 0.2) is 11.5 Å². The number of piperidine rings is 1. The van der Waals surface area contributed by atoms with E-state index < -0.39 is 10.0 Å². The standard InChI is InChI=1S/C26H25N5O5S/c32-31-25(21-3-1-2-10-28-21)24(20-4-5-22-23(15-20)36-17-35-22)29-26(31)19-8-13-30(14-9-19)37(33,34)16-18-6-11-27-12-7-18/h1-7,10-12,15,19,32H,8-9,13-14,16-17H2. The summed E-state index contributed by atoms with van der Waals surface area (Å²) in [6.45, 7) is 0.862. The van der Waals surface area contributed by atoms with E-state index in [0.29, 0.717) is 65.9 Å². The Labute approximate surface area is 214 Å². The third kappa shape index (κ3) is 4.51. The molecule has 190 valence electrons. The summed E-state index contributed by atoms with van der Waals surface area (Å²) in [5, 5.41) is 11.3. The second-order valence-electron chi connectivity index (χ2n) is 9.05. The molecule has 0 bridgehead atoms. The van der Waals surface area contributed by atoms with Gasteiger partial charge in [0.2, 0.25) is 16.8 Å². The first kappa shape index (κ1) is 23.4. The lowest BCUT2D eigenvalue weighted by atomic mass is 9.97. The van der Waals surface area contributed by atoms with Crippen LogP contribution in [0.5, 0.6) is 11.5 Å². The zero-order valence-corrected chi connectivity index (χ0v) is 20.7. The molecule has 6 rings (SSSR count). The predicted molar refractivity (Wildman–Crippen MR) is 135 cm³/mol. The zero-order valence-electron chi connectivity index (χ0n) is 19.9. The Morgan fingerprint density at radius 1 is 0.973 bits per heavy atom. The average Bonchev–Trinajstić information content (AvgIpc) is 3.53. The van der Waals surface area contributed by atoms with Crippen molar-refractivity contribution in [3.05, 3.63) is 78.5 Å². The lowest BCUT2D eigenvalue weighted by Crippen LogP contribution is -2.39. The van der Waals surface area contributed by atoms with Gasteiger partial charge in [0.25, 0.3) is 0 Å². The predicted octanol–water partition coefficient (Wildman–Crippen LogP) is 3.68. The molecular formula is C26H25N5O5S. The van der Waals surface area contributed by atoms with E-state index in [4.69, 9.17) is 14.5 Å². The summed E-state index contributed by atoms with van der Waals surface area (Å²) < 4.78 is 39.6. The summed E-state index contributed by atoms with van der Waals surface area (Å²) in [6.07, 6.45) is 5.92. The lowest BCUT2D eigenvalue weighted by molar-refractivity contribution is 0.167. The van der Waals surface area contributed by atoms with Crippen LogP contribution in [0.15, 0.2) is 67.1 Å². The first-order valence-corrected chi connectivity index (χ1v) is 13.6. The molecule has 3 aromatic heterocycles. The highest BCUT2D eigenvalue weighted by atomic mass is 32.2. The molecule has 2 aliphatic rings. The van der Waals surface area contributed by atoms with Crippen LogP contribution in [0.1, 0.15) is 30.1 Å². The molecule has 37 heavy (non-hydrogen) atoms. The van der Waals surface area contributed by atoms with Gasteiger partial charge in [0.05, 0.1) is 11.4 Å². The Morgan fingerprint density at radius 3 is 2.51 bits per heavy atom.